The zero-order valence-corrected chi connectivity index (χ0v) is 22.7. The molecule has 0 aliphatic rings. The van der Waals surface area contributed by atoms with Gasteiger partial charge in [-0.3, -0.25) is 9.59 Å². The Labute approximate surface area is 214 Å². The lowest BCUT2D eigenvalue weighted by Gasteiger charge is -2.13. The standard InChI is InChI=1S/C23H43NO4.C3H7NO.CH4O/c1-2-18-21(23(27)28)24-22(26)19-16-14-12-10-8-6-4-3-5-7-9-11-13-15-17-20-25;1-2-4-3-5;1-2/h20-21H,2-19H2,1H3,(H,24,26)(H,27,28);3H,2H2,1H3,(H,4,5);2H,1H3/t21-;;/m0../s1. The molecule has 8 heteroatoms. The first-order valence-electron chi connectivity index (χ1n) is 13.6. The van der Waals surface area contributed by atoms with Crippen molar-refractivity contribution in [3.8, 4) is 0 Å². The van der Waals surface area contributed by atoms with Crippen molar-refractivity contribution < 1.29 is 29.4 Å². The number of carbonyl (C=O) groups excluding carboxylic acids is 3. The molecular weight excluding hydrogens is 448 g/mol. The first-order chi connectivity index (χ1) is 17.0. The Kier molecular flexibility index (Phi) is 36.7. The Hall–Kier alpha value is -1.96. The fourth-order valence-electron chi connectivity index (χ4n) is 3.53. The highest BCUT2D eigenvalue weighted by atomic mass is 16.4. The van der Waals surface area contributed by atoms with E-state index in [1.54, 1.807) is 0 Å². The number of carboxylic acid groups (broad SMARTS) is 1. The van der Waals surface area contributed by atoms with Crippen LogP contribution in [-0.2, 0) is 19.2 Å². The van der Waals surface area contributed by atoms with Crippen LogP contribution in [-0.4, -0.2) is 54.5 Å². The van der Waals surface area contributed by atoms with E-state index in [0.717, 1.165) is 58.5 Å². The number of aldehydes is 1. The summed E-state index contributed by atoms with van der Waals surface area (Å²) in [5.74, 6) is -1.07. The maximum atomic E-state index is 11.8. The van der Waals surface area contributed by atoms with E-state index in [1.165, 1.54) is 64.2 Å². The van der Waals surface area contributed by atoms with E-state index in [1.807, 2.05) is 13.8 Å². The normalized spacial score (nSPS) is 10.6. The molecule has 4 N–H and O–H groups in total. The summed E-state index contributed by atoms with van der Waals surface area (Å²) in [6.07, 6.45) is 21.1. The molecule has 0 aromatic rings. The van der Waals surface area contributed by atoms with Gasteiger partial charge in [-0.15, -0.1) is 0 Å². The topological polar surface area (TPSA) is 133 Å². The van der Waals surface area contributed by atoms with Crippen LogP contribution < -0.4 is 10.6 Å². The molecule has 0 aliphatic heterocycles. The maximum Gasteiger partial charge on any atom is 0.326 e. The highest BCUT2D eigenvalue weighted by molar-refractivity contribution is 5.83. The van der Waals surface area contributed by atoms with Gasteiger partial charge in [0, 0.05) is 26.5 Å². The van der Waals surface area contributed by atoms with E-state index in [9.17, 15) is 19.2 Å². The van der Waals surface area contributed by atoms with E-state index >= 15 is 0 Å². The fraction of sp³-hybridized carbons (Fsp3) is 0.852. The lowest BCUT2D eigenvalue weighted by atomic mass is 10.0. The number of carbonyl (C=O) groups is 4. The van der Waals surface area contributed by atoms with Crippen molar-refractivity contribution in [3.05, 3.63) is 0 Å². The van der Waals surface area contributed by atoms with Gasteiger partial charge in [-0.1, -0.05) is 90.4 Å². The van der Waals surface area contributed by atoms with Gasteiger partial charge in [0.15, 0.2) is 0 Å². The quantitative estimate of drug-likeness (QED) is 0.113. The fourth-order valence-corrected chi connectivity index (χ4v) is 3.53. The highest BCUT2D eigenvalue weighted by Gasteiger charge is 2.18. The van der Waals surface area contributed by atoms with Gasteiger partial charge in [-0.05, 0) is 26.2 Å². The van der Waals surface area contributed by atoms with Gasteiger partial charge in [0.25, 0.3) is 0 Å². The number of aliphatic hydroxyl groups is 1. The second kappa shape index (κ2) is 34.2. The predicted octanol–water partition coefficient (Wildman–Crippen LogP) is 5.16. The molecule has 1 atom stereocenters. The van der Waals surface area contributed by atoms with Gasteiger partial charge in [-0.2, -0.15) is 0 Å². The van der Waals surface area contributed by atoms with E-state index in [2.05, 4.69) is 10.6 Å². The summed E-state index contributed by atoms with van der Waals surface area (Å²) in [6.45, 7) is 4.51. The molecular formula is C27H54N2O6. The van der Waals surface area contributed by atoms with Crippen LogP contribution >= 0.6 is 0 Å². The second-order valence-electron chi connectivity index (χ2n) is 8.58. The molecule has 0 saturated heterocycles. The van der Waals surface area contributed by atoms with Crippen LogP contribution in [0.5, 0.6) is 0 Å². The summed E-state index contributed by atoms with van der Waals surface area (Å²) in [7, 11) is 1.00. The molecule has 0 spiro atoms. The third-order valence-electron chi connectivity index (χ3n) is 5.47. The Morgan fingerprint density at radius 1 is 0.743 bits per heavy atom. The number of aliphatic carboxylic acids is 1. The van der Waals surface area contributed by atoms with Gasteiger partial charge in [0.2, 0.25) is 12.3 Å². The smallest absolute Gasteiger partial charge is 0.326 e. The highest BCUT2D eigenvalue weighted by Crippen LogP contribution is 2.13. The summed E-state index contributed by atoms with van der Waals surface area (Å²) in [4.78, 5) is 42.3. The molecule has 35 heavy (non-hydrogen) atoms. The molecule has 0 heterocycles. The SMILES string of the molecule is CCC[C@H](NC(=O)CCCCCCCCCCCCCCCCC=O)C(=O)O.CCNC=O.CO. The van der Waals surface area contributed by atoms with Crippen molar-refractivity contribution >= 4 is 24.6 Å². The number of carboxylic acids is 1. The van der Waals surface area contributed by atoms with Gasteiger partial charge in [-0.25, -0.2) is 4.79 Å². The van der Waals surface area contributed by atoms with Crippen molar-refractivity contribution in [2.24, 2.45) is 0 Å². The first kappa shape index (κ1) is 37.6. The monoisotopic (exact) mass is 502 g/mol. The lowest BCUT2D eigenvalue weighted by Crippen LogP contribution is -2.40. The molecule has 0 saturated carbocycles. The van der Waals surface area contributed by atoms with E-state index in [4.69, 9.17) is 10.2 Å². The summed E-state index contributed by atoms with van der Waals surface area (Å²) in [5, 5.41) is 21.1. The molecule has 0 aromatic carbocycles. The number of hydrogen-bond acceptors (Lipinski definition) is 5. The van der Waals surface area contributed by atoms with Crippen LogP contribution in [0.2, 0.25) is 0 Å². The number of rotatable bonds is 23. The Morgan fingerprint density at radius 2 is 1.17 bits per heavy atom. The largest absolute Gasteiger partial charge is 0.480 e. The number of aliphatic hydroxyl groups excluding tert-OH is 1. The average molecular weight is 503 g/mol. The lowest BCUT2D eigenvalue weighted by molar-refractivity contribution is -0.142. The minimum absolute atomic E-state index is 0.135. The zero-order chi connectivity index (χ0) is 27.0. The maximum absolute atomic E-state index is 11.8. The zero-order valence-electron chi connectivity index (χ0n) is 22.7. The molecule has 8 nitrogen and oxygen atoms in total. The molecule has 0 aliphatic carbocycles. The van der Waals surface area contributed by atoms with E-state index in [-0.39, 0.29) is 5.91 Å². The third kappa shape index (κ3) is 34.3. The van der Waals surface area contributed by atoms with Crippen molar-refractivity contribution in [2.75, 3.05) is 13.7 Å². The molecule has 0 aromatic heterocycles. The number of unbranched alkanes of at least 4 members (excludes halogenated alkanes) is 14. The average Bonchev–Trinajstić information content (AvgIpc) is 2.85. The van der Waals surface area contributed by atoms with Crippen molar-refractivity contribution in [3.63, 3.8) is 0 Å². The van der Waals surface area contributed by atoms with Crippen LogP contribution in [0.1, 0.15) is 129 Å². The summed E-state index contributed by atoms with van der Waals surface area (Å²) >= 11 is 0. The molecule has 0 bridgehead atoms. The van der Waals surface area contributed by atoms with Crippen LogP contribution in [0.15, 0.2) is 0 Å². The Bertz CT molecular complexity index is 475. The molecule has 0 unspecified atom stereocenters. The molecule has 2 amide bonds. The van der Waals surface area contributed by atoms with Crippen molar-refractivity contribution in [2.45, 2.75) is 135 Å². The van der Waals surface area contributed by atoms with Crippen LogP contribution in [0.25, 0.3) is 0 Å². The summed E-state index contributed by atoms with van der Waals surface area (Å²) < 4.78 is 0. The van der Waals surface area contributed by atoms with Crippen molar-refractivity contribution in [1.29, 1.82) is 0 Å². The minimum atomic E-state index is -0.940. The molecule has 0 rings (SSSR count). The van der Waals surface area contributed by atoms with E-state index in [0.29, 0.717) is 19.3 Å². The van der Waals surface area contributed by atoms with Crippen molar-refractivity contribution in [1.82, 2.24) is 10.6 Å². The van der Waals surface area contributed by atoms with Gasteiger partial charge >= 0.3 is 5.97 Å². The van der Waals surface area contributed by atoms with Crippen LogP contribution in [0.3, 0.4) is 0 Å². The van der Waals surface area contributed by atoms with Crippen LogP contribution in [0.4, 0.5) is 0 Å². The van der Waals surface area contributed by atoms with E-state index < -0.39 is 12.0 Å². The summed E-state index contributed by atoms with van der Waals surface area (Å²) in [5.41, 5.74) is 0. The number of hydrogen-bond donors (Lipinski definition) is 4. The summed E-state index contributed by atoms with van der Waals surface area (Å²) in [6, 6.07) is -0.736. The predicted molar refractivity (Wildman–Crippen MR) is 142 cm³/mol. The number of amides is 2. The van der Waals surface area contributed by atoms with Gasteiger partial charge in [0.1, 0.15) is 12.3 Å². The second-order valence-corrected chi connectivity index (χ2v) is 8.58. The molecule has 0 fully saturated rings. The Morgan fingerprint density at radius 3 is 1.49 bits per heavy atom. The van der Waals surface area contributed by atoms with Gasteiger partial charge < -0.3 is 25.6 Å². The molecule has 0 radical (unpaired) electrons. The van der Waals surface area contributed by atoms with Crippen LogP contribution in [0, 0.1) is 0 Å². The minimum Gasteiger partial charge on any atom is -0.480 e. The Balaban J connectivity index is -0.00000129. The first-order valence-corrected chi connectivity index (χ1v) is 13.6. The number of nitrogens with one attached hydrogen (secondary N) is 2. The van der Waals surface area contributed by atoms with Gasteiger partial charge in [0.05, 0.1) is 0 Å². The molecule has 208 valence electrons. The third-order valence-corrected chi connectivity index (χ3v) is 5.47.